The van der Waals surface area contributed by atoms with Crippen LogP contribution in [0, 0.1) is 5.92 Å². The third kappa shape index (κ3) is 5.08. The summed E-state index contributed by atoms with van der Waals surface area (Å²) in [6.45, 7) is 9.90. The summed E-state index contributed by atoms with van der Waals surface area (Å²) in [5.41, 5.74) is 2.33. The Morgan fingerprint density at radius 1 is 1.50 bits per heavy atom. The monoisotopic (exact) mass is 184 g/mol. The summed E-state index contributed by atoms with van der Waals surface area (Å²) in [4.78, 5) is 0. The topological polar surface area (TPSA) is 17.1 Å². The van der Waals surface area contributed by atoms with Crippen LogP contribution in [0.3, 0.4) is 0 Å². The quantitative estimate of drug-likeness (QED) is 0.485. The minimum Gasteiger partial charge on any atom is -0.213 e. The van der Waals surface area contributed by atoms with Crippen LogP contribution in [-0.2, 0) is 11.3 Å². The van der Waals surface area contributed by atoms with Crippen LogP contribution in [0.5, 0.6) is 0 Å². The third-order valence-corrected chi connectivity index (χ3v) is 2.07. The Morgan fingerprint density at radius 2 is 2.08 bits per heavy atom. The van der Waals surface area contributed by atoms with E-state index in [0.29, 0.717) is 11.3 Å². The maximum atomic E-state index is 10.3. The summed E-state index contributed by atoms with van der Waals surface area (Å²) in [6.07, 6.45) is 3.03. The maximum Gasteiger partial charge on any atom is 0.0847 e. The van der Waals surface area contributed by atoms with Crippen LogP contribution in [0.25, 0.3) is 0 Å². The van der Waals surface area contributed by atoms with Gasteiger partial charge in [0.1, 0.15) is 0 Å². The Morgan fingerprint density at radius 3 is 2.42 bits per heavy atom. The first-order valence-corrected chi connectivity index (χ1v) is 4.79. The molecule has 0 saturated heterocycles. The standard InChI is InChI=1S/C10H16OS/c1-8(2)5-6-10(7-12-11)9(3)4/h5,7,10H,3,6H2,1-2,4H3. The van der Waals surface area contributed by atoms with Gasteiger partial charge in [-0.1, -0.05) is 23.8 Å². The molecule has 0 saturated carbocycles. The van der Waals surface area contributed by atoms with E-state index in [9.17, 15) is 4.21 Å². The summed E-state index contributed by atoms with van der Waals surface area (Å²) >= 11 is 0.525. The van der Waals surface area contributed by atoms with Gasteiger partial charge in [0.05, 0.1) is 11.3 Å². The Hall–Kier alpha value is -0.630. The zero-order chi connectivity index (χ0) is 9.56. The molecule has 0 radical (unpaired) electrons. The zero-order valence-corrected chi connectivity index (χ0v) is 8.78. The number of allylic oxidation sites excluding steroid dienone is 3. The Labute approximate surface area is 78.3 Å². The van der Waals surface area contributed by atoms with Crippen molar-refractivity contribution in [3.63, 3.8) is 0 Å². The van der Waals surface area contributed by atoms with Crippen molar-refractivity contribution in [1.82, 2.24) is 0 Å². The van der Waals surface area contributed by atoms with E-state index >= 15 is 0 Å². The van der Waals surface area contributed by atoms with Crippen LogP contribution in [0.1, 0.15) is 27.2 Å². The maximum absolute atomic E-state index is 10.3. The van der Waals surface area contributed by atoms with Gasteiger partial charge in [-0.25, -0.2) is 4.21 Å². The van der Waals surface area contributed by atoms with E-state index < -0.39 is 0 Å². The van der Waals surface area contributed by atoms with Crippen LogP contribution >= 0.6 is 0 Å². The molecule has 0 N–H and O–H groups in total. The lowest BCUT2D eigenvalue weighted by molar-refractivity contribution is 0.700. The first-order chi connectivity index (χ1) is 5.57. The lowest BCUT2D eigenvalue weighted by Gasteiger charge is -2.07. The van der Waals surface area contributed by atoms with E-state index in [1.54, 1.807) is 5.37 Å². The van der Waals surface area contributed by atoms with Crippen molar-refractivity contribution < 1.29 is 4.21 Å². The lowest BCUT2D eigenvalue weighted by atomic mass is 9.99. The van der Waals surface area contributed by atoms with Gasteiger partial charge in [0.25, 0.3) is 0 Å². The molecule has 0 spiro atoms. The molecule has 0 aliphatic rings. The molecule has 1 atom stereocenters. The lowest BCUT2D eigenvalue weighted by Crippen LogP contribution is -2.01. The van der Waals surface area contributed by atoms with E-state index in [-0.39, 0.29) is 5.92 Å². The van der Waals surface area contributed by atoms with E-state index in [4.69, 9.17) is 0 Å². The van der Waals surface area contributed by atoms with Gasteiger partial charge in [0.15, 0.2) is 0 Å². The van der Waals surface area contributed by atoms with Crippen molar-refractivity contribution in [3.8, 4) is 0 Å². The normalized spacial score (nSPS) is 11.6. The largest absolute Gasteiger partial charge is 0.213 e. The van der Waals surface area contributed by atoms with Gasteiger partial charge in [-0.05, 0) is 27.2 Å². The molecule has 0 amide bonds. The van der Waals surface area contributed by atoms with Crippen LogP contribution < -0.4 is 0 Å². The Kier molecular flexibility index (Phi) is 5.64. The van der Waals surface area contributed by atoms with Gasteiger partial charge < -0.3 is 0 Å². The highest BCUT2D eigenvalue weighted by Gasteiger charge is 2.03. The van der Waals surface area contributed by atoms with Crippen LogP contribution in [0.15, 0.2) is 23.8 Å². The van der Waals surface area contributed by atoms with Crippen LogP contribution in [0.4, 0.5) is 0 Å². The van der Waals surface area contributed by atoms with Crippen molar-refractivity contribution in [2.45, 2.75) is 27.2 Å². The fourth-order valence-electron chi connectivity index (χ4n) is 0.803. The van der Waals surface area contributed by atoms with Crippen molar-refractivity contribution in [2.24, 2.45) is 5.92 Å². The third-order valence-electron chi connectivity index (χ3n) is 1.63. The molecule has 0 fully saturated rings. The summed E-state index contributed by atoms with van der Waals surface area (Å²) in [7, 11) is 0. The van der Waals surface area contributed by atoms with Gasteiger partial charge in [-0.2, -0.15) is 0 Å². The molecule has 1 nitrogen and oxygen atoms in total. The average Bonchev–Trinajstić information content (AvgIpc) is 1.96. The van der Waals surface area contributed by atoms with E-state index in [2.05, 4.69) is 26.5 Å². The van der Waals surface area contributed by atoms with Gasteiger partial charge in [0, 0.05) is 11.3 Å². The number of hydrogen-bond acceptors (Lipinski definition) is 1. The minimum absolute atomic E-state index is 0.224. The minimum atomic E-state index is 0.224. The highest BCUT2D eigenvalue weighted by Crippen LogP contribution is 2.11. The van der Waals surface area contributed by atoms with Gasteiger partial charge in [0.2, 0.25) is 0 Å². The summed E-state index contributed by atoms with van der Waals surface area (Å²) in [6, 6.07) is 0. The SMILES string of the molecule is C=C(C)C(C=S=O)CC=C(C)C. The molecule has 0 aromatic carbocycles. The van der Waals surface area contributed by atoms with Crippen LogP contribution in [0.2, 0.25) is 0 Å². The smallest absolute Gasteiger partial charge is 0.0847 e. The van der Waals surface area contributed by atoms with Gasteiger partial charge in [-0.3, -0.25) is 0 Å². The molecule has 12 heavy (non-hydrogen) atoms. The Balaban J connectivity index is 4.24. The molecule has 0 aromatic heterocycles. The molecule has 0 rings (SSSR count). The van der Waals surface area contributed by atoms with E-state index in [1.165, 1.54) is 5.57 Å². The molecular formula is C10H16OS. The van der Waals surface area contributed by atoms with Crippen molar-refractivity contribution >= 4 is 16.6 Å². The molecule has 0 aliphatic carbocycles. The van der Waals surface area contributed by atoms with E-state index in [0.717, 1.165) is 12.0 Å². The number of hydrogen-bond donors (Lipinski definition) is 0. The summed E-state index contributed by atoms with van der Waals surface area (Å²) in [5.74, 6) is 0.224. The second-order valence-corrected chi connectivity index (χ2v) is 3.67. The van der Waals surface area contributed by atoms with Crippen LogP contribution in [-0.4, -0.2) is 9.58 Å². The van der Waals surface area contributed by atoms with Crippen molar-refractivity contribution in [3.05, 3.63) is 23.8 Å². The predicted molar refractivity (Wildman–Crippen MR) is 56.6 cm³/mol. The summed E-state index contributed by atoms with van der Waals surface area (Å²) in [5, 5.41) is 1.70. The highest BCUT2D eigenvalue weighted by atomic mass is 32.1. The molecule has 0 aromatic rings. The molecule has 2 heteroatoms. The highest BCUT2D eigenvalue weighted by molar-refractivity contribution is 7.64. The van der Waals surface area contributed by atoms with Crippen molar-refractivity contribution in [1.29, 1.82) is 0 Å². The molecule has 1 unspecified atom stereocenters. The molecule has 0 bridgehead atoms. The second-order valence-electron chi connectivity index (χ2n) is 3.20. The molecule has 0 aliphatic heterocycles. The number of rotatable bonds is 4. The summed E-state index contributed by atoms with van der Waals surface area (Å²) < 4.78 is 10.3. The fourth-order valence-corrected chi connectivity index (χ4v) is 1.28. The van der Waals surface area contributed by atoms with E-state index in [1.807, 2.05) is 6.92 Å². The zero-order valence-electron chi connectivity index (χ0n) is 7.96. The predicted octanol–water partition coefficient (Wildman–Crippen LogP) is 2.55. The fraction of sp³-hybridized carbons (Fsp3) is 0.500. The Bertz CT molecular complexity index is 228. The average molecular weight is 184 g/mol. The van der Waals surface area contributed by atoms with Gasteiger partial charge in [-0.15, -0.1) is 0 Å². The first-order valence-electron chi connectivity index (χ1n) is 3.98. The molecular weight excluding hydrogens is 168 g/mol. The first kappa shape index (κ1) is 11.4. The second kappa shape index (κ2) is 5.95. The molecule has 68 valence electrons. The van der Waals surface area contributed by atoms with Gasteiger partial charge >= 0.3 is 0 Å². The van der Waals surface area contributed by atoms with Crippen molar-refractivity contribution in [2.75, 3.05) is 0 Å². The molecule has 0 heterocycles.